The standard InChI is InChI=1S/C15H22FN3O2/c1-19(10-13-4-2-3-7-21-13)9-11-5-6-12(16)8-14(11)15(17)18-20/h5-6,8,13,20H,2-4,7,9-10H2,1H3,(H2,17,18). The van der Waals surface area contributed by atoms with Gasteiger partial charge in [-0.05, 0) is 44.0 Å². The zero-order valence-corrected chi connectivity index (χ0v) is 12.3. The van der Waals surface area contributed by atoms with Gasteiger partial charge in [0, 0.05) is 25.3 Å². The average molecular weight is 295 g/mol. The van der Waals surface area contributed by atoms with Crippen molar-refractivity contribution in [3.63, 3.8) is 0 Å². The normalized spacial score (nSPS) is 20.0. The van der Waals surface area contributed by atoms with Gasteiger partial charge in [0.15, 0.2) is 5.84 Å². The van der Waals surface area contributed by atoms with Crippen LogP contribution in [0.2, 0.25) is 0 Å². The average Bonchev–Trinajstić information content (AvgIpc) is 2.49. The van der Waals surface area contributed by atoms with Crippen LogP contribution in [0, 0.1) is 5.82 Å². The quantitative estimate of drug-likeness (QED) is 0.377. The fourth-order valence-corrected chi connectivity index (χ4v) is 2.63. The van der Waals surface area contributed by atoms with Crippen molar-refractivity contribution in [3.05, 3.63) is 35.1 Å². The van der Waals surface area contributed by atoms with Crippen molar-refractivity contribution >= 4 is 5.84 Å². The van der Waals surface area contributed by atoms with Crippen LogP contribution in [0.1, 0.15) is 30.4 Å². The Balaban J connectivity index is 2.04. The van der Waals surface area contributed by atoms with E-state index in [1.165, 1.54) is 18.6 Å². The number of nitrogens with zero attached hydrogens (tertiary/aromatic N) is 2. The Labute approximate surface area is 124 Å². The zero-order valence-electron chi connectivity index (χ0n) is 12.3. The van der Waals surface area contributed by atoms with Crippen LogP contribution >= 0.6 is 0 Å². The summed E-state index contributed by atoms with van der Waals surface area (Å²) < 4.78 is 19.0. The van der Waals surface area contributed by atoms with E-state index >= 15 is 0 Å². The summed E-state index contributed by atoms with van der Waals surface area (Å²) in [5.41, 5.74) is 6.86. The van der Waals surface area contributed by atoms with Gasteiger partial charge >= 0.3 is 0 Å². The second kappa shape index (κ2) is 7.38. The monoisotopic (exact) mass is 295 g/mol. The molecule has 1 aromatic rings. The molecule has 0 bridgehead atoms. The van der Waals surface area contributed by atoms with Gasteiger partial charge in [0.25, 0.3) is 0 Å². The highest BCUT2D eigenvalue weighted by atomic mass is 19.1. The molecule has 1 aliphatic heterocycles. The molecule has 1 atom stereocenters. The third kappa shape index (κ3) is 4.41. The molecule has 0 radical (unpaired) electrons. The molecular formula is C15H22FN3O2. The lowest BCUT2D eigenvalue weighted by molar-refractivity contribution is -0.00260. The number of ether oxygens (including phenoxy) is 1. The molecule has 2 rings (SSSR count). The Hall–Kier alpha value is -1.66. The fraction of sp³-hybridized carbons (Fsp3) is 0.533. The molecule has 21 heavy (non-hydrogen) atoms. The summed E-state index contributed by atoms with van der Waals surface area (Å²) in [6, 6.07) is 4.34. The van der Waals surface area contributed by atoms with Crippen LogP contribution in [-0.4, -0.2) is 42.2 Å². The summed E-state index contributed by atoms with van der Waals surface area (Å²) in [5, 5.41) is 11.8. The Morgan fingerprint density at radius 3 is 3.00 bits per heavy atom. The van der Waals surface area contributed by atoms with Crippen LogP contribution in [0.5, 0.6) is 0 Å². The Morgan fingerprint density at radius 1 is 1.52 bits per heavy atom. The highest BCUT2D eigenvalue weighted by Gasteiger charge is 2.17. The largest absolute Gasteiger partial charge is 0.409 e. The van der Waals surface area contributed by atoms with Gasteiger partial charge in [0.1, 0.15) is 5.82 Å². The maximum absolute atomic E-state index is 13.3. The Kier molecular flexibility index (Phi) is 5.52. The zero-order chi connectivity index (χ0) is 15.2. The molecule has 1 aliphatic rings. The van der Waals surface area contributed by atoms with Crippen molar-refractivity contribution in [2.75, 3.05) is 20.2 Å². The first-order chi connectivity index (χ1) is 10.1. The van der Waals surface area contributed by atoms with E-state index in [1.54, 1.807) is 6.07 Å². The van der Waals surface area contributed by atoms with Crippen molar-refractivity contribution < 1.29 is 14.3 Å². The van der Waals surface area contributed by atoms with Crippen LogP contribution in [0.3, 0.4) is 0 Å². The number of likely N-dealkylation sites (N-methyl/N-ethyl adjacent to an activating group) is 1. The predicted molar refractivity (Wildman–Crippen MR) is 78.8 cm³/mol. The third-order valence-corrected chi connectivity index (χ3v) is 3.69. The van der Waals surface area contributed by atoms with Gasteiger partial charge in [-0.25, -0.2) is 4.39 Å². The second-order valence-electron chi connectivity index (χ2n) is 5.47. The van der Waals surface area contributed by atoms with E-state index in [0.717, 1.165) is 31.6 Å². The molecule has 0 spiro atoms. The van der Waals surface area contributed by atoms with Gasteiger partial charge in [-0.1, -0.05) is 11.2 Å². The fourth-order valence-electron chi connectivity index (χ4n) is 2.63. The molecule has 1 unspecified atom stereocenters. The van der Waals surface area contributed by atoms with Crippen LogP contribution in [0.25, 0.3) is 0 Å². The summed E-state index contributed by atoms with van der Waals surface area (Å²) in [6.45, 7) is 2.23. The van der Waals surface area contributed by atoms with Crippen molar-refractivity contribution in [2.24, 2.45) is 10.9 Å². The number of amidine groups is 1. The summed E-state index contributed by atoms with van der Waals surface area (Å²) in [6.07, 6.45) is 3.65. The first kappa shape index (κ1) is 15.7. The maximum atomic E-state index is 13.3. The number of nitrogens with two attached hydrogens (primary N) is 1. The van der Waals surface area contributed by atoms with Crippen molar-refractivity contribution in [3.8, 4) is 0 Å². The van der Waals surface area contributed by atoms with Gasteiger partial charge in [-0.15, -0.1) is 0 Å². The lowest BCUT2D eigenvalue weighted by atomic mass is 10.0. The molecule has 1 fully saturated rings. The summed E-state index contributed by atoms with van der Waals surface area (Å²) in [5.74, 6) is -0.481. The second-order valence-corrected chi connectivity index (χ2v) is 5.47. The van der Waals surface area contributed by atoms with E-state index < -0.39 is 5.82 Å². The van der Waals surface area contributed by atoms with Gasteiger partial charge in [0.2, 0.25) is 0 Å². The number of hydrogen-bond acceptors (Lipinski definition) is 4. The van der Waals surface area contributed by atoms with Crippen molar-refractivity contribution in [2.45, 2.75) is 31.9 Å². The highest BCUT2D eigenvalue weighted by Crippen LogP contribution is 2.17. The number of benzene rings is 1. The number of halogens is 1. The lowest BCUT2D eigenvalue weighted by Gasteiger charge is -2.27. The SMILES string of the molecule is CN(Cc1ccc(F)cc1C(N)=NO)CC1CCCCO1. The van der Waals surface area contributed by atoms with Crippen molar-refractivity contribution in [1.82, 2.24) is 4.90 Å². The van der Waals surface area contributed by atoms with Gasteiger partial charge < -0.3 is 15.7 Å². The summed E-state index contributed by atoms with van der Waals surface area (Å²) >= 11 is 0. The molecule has 116 valence electrons. The molecule has 0 aromatic heterocycles. The van der Waals surface area contributed by atoms with Crippen LogP contribution in [0.15, 0.2) is 23.4 Å². The first-order valence-corrected chi connectivity index (χ1v) is 7.16. The first-order valence-electron chi connectivity index (χ1n) is 7.16. The molecule has 0 amide bonds. The molecule has 5 nitrogen and oxygen atoms in total. The Bertz CT molecular complexity index is 502. The van der Waals surface area contributed by atoms with E-state index in [0.29, 0.717) is 12.1 Å². The lowest BCUT2D eigenvalue weighted by Crippen LogP contribution is -2.33. The molecule has 6 heteroatoms. The van der Waals surface area contributed by atoms with E-state index in [1.807, 2.05) is 7.05 Å². The molecule has 3 N–H and O–H groups in total. The van der Waals surface area contributed by atoms with Gasteiger partial charge in [-0.2, -0.15) is 0 Å². The molecule has 0 aliphatic carbocycles. The Morgan fingerprint density at radius 2 is 2.33 bits per heavy atom. The van der Waals surface area contributed by atoms with Gasteiger partial charge in [-0.3, -0.25) is 4.90 Å². The topological polar surface area (TPSA) is 71.1 Å². The number of rotatable bonds is 5. The minimum absolute atomic E-state index is 0.0770. The van der Waals surface area contributed by atoms with Crippen LogP contribution < -0.4 is 5.73 Å². The smallest absolute Gasteiger partial charge is 0.170 e. The molecule has 0 saturated carbocycles. The van der Waals surface area contributed by atoms with Crippen molar-refractivity contribution in [1.29, 1.82) is 0 Å². The van der Waals surface area contributed by atoms with Crippen LogP contribution in [-0.2, 0) is 11.3 Å². The molecular weight excluding hydrogens is 273 g/mol. The third-order valence-electron chi connectivity index (χ3n) is 3.69. The minimum atomic E-state index is -0.404. The van der Waals surface area contributed by atoms with E-state index in [9.17, 15) is 4.39 Å². The van der Waals surface area contributed by atoms with E-state index in [4.69, 9.17) is 15.7 Å². The van der Waals surface area contributed by atoms with Gasteiger partial charge in [0.05, 0.1) is 6.10 Å². The number of hydrogen-bond donors (Lipinski definition) is 2. The minimum Gasteiger partial charge on any atom is -0.409 e. The number of oxime groups is 1. The maximum Gasteiger partial charge on any atom is 0.170 e. The summed E-state index contributed by atoms with van der Waals surface area (Å²) in [7, 11) is 1.98. The van der Waals surface area contributed by atoms with E-state index in [2.05, 4.69) is 10.1 Å². The van der Waals surface area contributed by atoms with Crippen LogP contribution in [0.4, 0.5) is 4.39 Å². The molecule has 1 saturated heterocycles. The highest BCUT2D eigenvalue weighted by molar-refractivity contribution is 5.98. The predicted octanol–water partition coefficient (Wildman–Crippen LogP) is 1.92. The molecule has 1 aromatic carbocycles. The molecule has 1 heterocycles. The van der Waals surface area contributed by atoms with E-state index in [-0.39, 0.29) is 11.9 Å². The summed E-state index contributed by atoms with van der Waals surface area (Å²) in [4.78, 5) is 2.11.